The average Bonchev–Trinajstić information content (AvgIpc) is 2.06. The molecule has 1 aliphatic rings. The first-order valence-electron chi connectivity index (χ1n) is 4.83. The average molecular weight is 215 g/mol. The third-order valence-electron chi connectivity index (χ3n) is 3.31. The lowest BCUT2D eigenvalue weighted by atomic mass is 10.7. The van der Waals surface area contributed by atoms with Gasteiger partial charge >= 0.3 is 0 Å². The molecule has 2 nitrogen and oxygen atoms in total. The van der Waals surface area contributed by atoms with Gasteiger partial charge in [0.2, 0.25) is 8.32 Å². The molecule has 0 bridgehead atoms. The molecule has 0 saturated carbocycles. The summed E-state index contributed by atoms with van der Waals surface area (Å²) in [5.41, 5.74) is 0. The number of hydrogen-bond donors (Lipinski definition) is 0. The fourth-order valence-electron chi connectivity index (χ4n) is 1.77. The van der Waals surface area contributed by atoms with Crippen molar-refractivity contribution in [2.75, 3.05) is 20.2 Å². The molecule has 0 aliphatic carbocycles. The summed E-state index contributed by atoms with van der Waals surface area (Å²) in [4.78, 5) is 1.43. The fourth-order valence-corrected chi connectivity index (χ4v) is 10.3. The molecule has 4 heteroatoms. The van der Waals surface area contributed by atoms with Crippen molar-refractivity contribution in [3.05, 3.63) is 11.4 Å². The number of nitrogens with zero attached hydrogens (tertiary/aromatic N) is 1. The van der Waals surface area contributed by atoms with Crippen molar-refractivity contribution in [2.24, 2.45) is 0 Å². The van der Waals surface area contributed by atoms with Crippen LogP contribution in [0.5, 0.6) is 0 Å². The molecular weight excluding hydrogens is 194 g/mol. The SMILES string of the molecule is C=C1[Si](C)(C)OCCN(C)[Si]1(C)C. The summed E-state index contributed by atoms with van der Waals surface area (Å²) in [5, 5.41) is 0. The predicted octanol–water partition coefficient (Wildman–Crippen LogP) is 1.99. The summed E-state index contributed by atoms with van der Waals surface area (Å²) in [6, 6.07) is 0. The van der Waals surface area contributed by atoms with E-state index in [4.69, 9.17) is 4.43 Å². The zero-order chi connectivity index (χ0) is 10.3. The van der Waals surface area contributed by atoms with E-state index in [0.29, 0.717) is 0 Å². The second-order valence-electron chi connectivity index (χ2n) is 4.82. The van der Waals surface area contributed by atoms with Gasteiger partial charge in [-0.05, 0) is 20.1 Å². The van der Waals surface area contributed by atoms with Crippen LogP contribution in [0.4, 0.5) is 0 Å². The van der Waals surface area contributed by atoms with Crippen LogP contribution in [0, 0.1) is 0 Å². The molecule has 1 saturated heterocycles. The molecule has 1 rings (SSSR count). The van der Waals surface area contributed by atoms with Gasteiger partial charge in [-0.15, -0.1) is 6.58 Å². The molecule has 76 valence electrons. The van der Waals surface area contributed by atoms with Crippen molar-refractivity contribution in [3.8, 4) is 0 Å². The Bertz CT molecular complexity index is 226. The monoisotopic (exact) mass is 215 g/mol. The van der Waals surface area contributed by atoms with Crippen LogP contribution in [0.2, 0.25) is 26.2 Å². The summed E-state index contributed by atoms with van der Waals surface area (Å²) in [6.07, 6.45) is 0. The lowest BCUT2D eigenvalue weighted by molar-refractivity contribution is 0.290. The summed E-state index contributed by atoms with van der Waals surface area (Å²) in [6.45, 7) is 15.5. The van der Waals surface area contributed by atoms with Crippen molar-refractivity contribution in [1.29, 1.82) is 0 Å². The van der Waals surface area contributed by atoms with E-state index in [-0.39, 0.29) is 0 Å². The highest BCUT2D eigenvalue weighted by molar-refractivity contribution is 7.01. The predicted molar refractivity (Wildman–Crippen MR) is 62.7 cm³/mol. The van der Waals surface area contributed by atoms with Gasteiger partial charge in [0.25, 0.3) is 0 Å². The van der Waals surface area contributed by atoms with E-state index in [1.54, 1.807) is 0 Å². The lowest BCUT2D eigenvalue weighted by Gasteiger charge is -2.36. The third-order valence-corrected chi connectivity index (χ3v) is 12.9. The summed E-state index contributed by atoms with van der Waals surface area (Å²) >= 11 is 0. The Kier molecular flexibility index (Phi) is 2.87. The van der Waals surface area contributed by atoms with Crippen LogP contribution in [0.3, 0.4) is 0 Å². The minimum absolute atomic E-state index is 0.880. The second kappa shape index (κ2) is 3.35. The molecule has 0 radical (unpaired) electrons. The highest BCUT2D eigenvalue weighted by Gasteiger charge is 2.42. The normalized spacial score (nSPS) is 28.5. The number of hydrogen-bond acceptors (Lipinski definition) is 2. The highest BCUT2D eigenvalue weighted by Crippen LogP contribution is 2.29. The van der Waals surface area contributed by atoms with E-state index in [0.717, 1.165) is 13.2 Å². The van der Waals surface area contributed by atoms with Gasteiger partial charge < -0.3 is 8.99 Å². The van der Waals surface area contributed by atoms with Gasteiger partial charge in [0.05, 0.1) is 0 Å². The minimum Gasteiger partial charge on any atom is -0.412 e. The first-order chi connectivity index (χ1) is 5.78. The quantitative estimate of drug-likeness (QED) is 0.573. The largest absolute Gasteiger partial charge is 0.412 e. The van der Waals surface area contributed by atoms with E-state index in [9.17, 15) is 0 Å². The molecule has 0 atom stereocenters. The third kappa shape index (κ3) is 1.96. The van der Waals surface area contributed by atoms with Crippen molar-refractivity contribution in [1.82, 2.24) is 4.57 Å². The Labute approximate surface area is 83.8 Å². The van der Waals surface area contributed by atoms with Crippen molar-refractivity contribution in [3.63, 3.8) is 0 Å². The Morgan fingerprint density at radius 2 is 1.85 bits per heavy atom. The number of likely N-dealkylation sites (N-methyl/N-ethyl adjacent to an activating group) is 1. The van der Waals surface area contributed by atoms with Crippen LogP contribution in [0.15, 0.2) is 11.4 Å². The molecule has 1 heterocycles. The first-order valence-corrected chi connectivity index (χ1v) is 10.7. The van der Waals surface area contributed by atoms with Crippen molar-refractivity contribution in [2.45, 2.75) is 26.2 Å². The van der Waals surface area contributed by atoms with Crippen LogP contribution in [-0.4, -0.2) is 41.3 Å². The minimum atomic E-state index is -1.60. The molecule has 0 aromatic heterocycles. The van der Waals surface area contributed by atoms with Crippen molar-refractivity contribution >= 4 is 16.6 Å². The summed E-state index contributed by atoms with van der Waals surface area (Å²) < 4.78 is 8.41. The van der Waals surface area contributed by atoms with Gasteiger partial charge in [0.1, 0.15) is 8.24 Å². The molecule has 0 spiro atoms. The van der Waals surface area contributed by atoms with E-state index >= 15 is 0 Å². The molecule has 0 unspecified atom stereocenters. The highest BCUT2D eigenvalue weighted by atomic mass is 28.4. The smallest absolute Gasteiger partial charge is 0.211 e. The second-order valence-corrected chi connectivity index (χ2v) is 13.7. The van der Waals surface area contributed by atoms with Gasteiger partial charge in [0, 0.05) is 13.2 Å². The van der Waals surface area contributed by atoms with E-state index in [1.807, 2.05) is 0 Å². The molecule has 13 heavy (non-hydrogen) atoms. The topological polar surface area (TPSA) is 12.5 Å². The molecule has 0 N–H and O–H groups in total. The molecule has 1 aliphatic heterocycles. The first kappa shape index (κ1) is 11.2. The molecule has 0 aromatic rings. The lowest BCUT2D eigenvalue weighted by Crippen LogP contribution is -2.52. The fraction of sp³-hybridized carbons (Fsp3) is 0.778. The molecule has 0 amide bonds. The maximum absolute atomic E-state index is 5.94. The molecule has 1 fully saturated rings. The maximum atomic E-state index is 5.94. The van der Waals surface area contributed by atoms with Gasteiger partial charge in [-0.3, -0.25) is 0 Å². The molecular formula is C9H21NOSi2. The standard InChI is InChI=1S/C9H21NOSi2/c1-9-12(3,4)10(2)7-8-11-13(9,5)6/h1,7-8H2,2-6H3. The van der Waals surface area contributed by atoms with Gasteiger partial charge in [0.15, 0.2) is 0 Å². The number of rotatable bonds is 0. The van der Waals surface area contributed by atoms with Crippen LogP contribution in [0.25, 0.3) is 0 Å². The van der Waals surface area contributed by atoms with E-state index in [1.165, 1.54) is 4.82 Å². The Balaban J connectivity index is 2.99. The van der Waals surface area contributed by atoms with Crippen molar-refractivity contribution < 1.29 is 4.43 Å². The summed E-state index contributed by atoms with van der Waals surface area (Å²) in [5.74, 6) is 0. The zero-order valence-electron chi connectivity index (χ0n) is 9.48. The zero-order valence-corrected chi connectivity index (χ0v) is 11.5. The van der Waals surface area contributed by atoms with Gasteiger partial charge in [-0.2, -0.15) is 0 Å². The Hall–Kier alpha value is 0.0938. The van der Waals surface area contributed by atoms with Crippen LogP contribution in [-0.2, 0) is 4.43 Å². The van der Waals surface area contributed by atoms with E-state index < -0.39 is 16.6 Å². The Morgan fingerprint density at radius 3 is 2.38 bits per heavy atom. The molecule has 0 aromatic carbocycles. The maximum Gasteiger partial charge on any atom is 0.211 e. The van der Waals surface area contributed by atoms with Crippen LogP contribution in [0.1, 0.15) is 0 Å². The summed E-state index contributed by atoms with van der Waals surface area (Å²) in [7, 11) is -0.798. The van der Waals surface area contributed by atoms with Crippen LogP contribution < -0.4 is 0 Å². The van der Waals surface area contributed by atoms with E-state index in [2.05, 4.69) is 44.4 Å². The Morgan fingerprint density at radius 1 is 1.31 bits per heavy atom. The van der Waals surface area contributed by atoms with Crippen LogP contribution >= 0.6 is 0 Å². The van der Waals surface area contributed by atoms with Gasteiger partial charge in [-0.25, -0.2) is 0 Å². The van der Waals surface area contributed by atoms with Gasteiger partial charge in [-0.1, -0.05) is 17.9 Å².